The zero-order valence-electron chi connectivity index (χ0n) is 17.6. The summed E-state index contributed by atoms with van der Waals surface area (Å²) in [6.07, 6.45) is 1.84. The van der Waals surface area contributed by atoms with Gasteiger partial charge in [-0.05, 0) is 34.7 Å². The second-order valence-electron chi connectivity index (χ2n) is 8.04. The van der Waals surface area contributed by atoms with E-state index >= 15 is 0 Å². The molecule has 6 heteroatoms. The van der Waals surface area contributed by atoms with E-state index in [2.05, 4.69) is 58.2 Å². The highest BCUT2D eigenvalue weighted by Gasteiger charge is 2.27. The zero-order valence-corrected chi connectivity index (χ0v) is 17.6. The van der Waals surface area contributed by atoms with Crippen LogP contribution in [0.15, 0.2) is 72.9 Å². The molecule has 1 aromatic heterocycles. The smallest absolute Gasteiger partial charge is 0.307 e. The van der Waals surface area contributed by atoms with Crippen molar-refractivity contribution in [3.63, 3.8) is 0 Å². The number of rotatable bonds is 8. The van der Waals surface area contributed by atoms with Crippen LogP contribution in [0, 0.1) is 0 Å². The first-order chi connectivity index (χ1) is 15.1. The largest absolute Gasteiger partial charge is 0.481 e. The first-order valence-electron chi connectivity index (χ1n) is 10.6. The van der Waals surface area contributed by atoms with Crippen LogP contribution in [0.5, 0.6) is 0 Å². The van der Waals surface area contributed by atoms with Crippen molar-refractivity contribution in [1.29, 1.82) is 0 Å². The van der Waals surface area contributed by atoms with Gasteiger partial charge in [-0.15, -0.1) is 0 Å². The molecule has 0 unspecified atom stereocenters. The minimum atomic E-state index is -0.808. The van der Waals surface area contributed by atoms with Crippen LogP contribution >= 0.6 is 0 Å². The number of fused-ring (bicyclic) bond motifs is 1. The summed E-state index contributed by atoms with van der Waals surface area (Å²) in [7, 11) is 0. The zero-order chi connectivity index (χ0) is 21.6. The Morgan fingerprint density at radius 2 is 1.94 bits per heavy atom. The summed E-state index contributed by atoms with van der Waals surface area (Å²) in [6, 6.07) is 22.5. The highest BCUT2D eigenvalue weighted by molar-refractivity contribution is 5.70. The Labute approximate surface area is 182 Å². The molecule has 0 aliphatic carbocycles. The van der Waals surface area contributed by atoms with Gasteiger partial charge in [0.15, 0.2) is 0 Å². The van der Waals surface area contributed by atoms with Gasteiger partial charge in [0.2, 0.25) is 0 Å². The Balaban J connectivity index is 1.49. The number of carboxylic acids is 1. The van der Waals surface area contributed by atoms with Crippen molar-refractivity contribution in [2.45, 2.75) is 31.3 Å². The van der Waals surface area contributed by atoms with Crippen molar-refractivity contribution in [3.05, 3.63) is 89.6 Å². The van der Waals surface area contributed by atoms with Gasteiger partial charge in [-0.25, -0.2) is 4.98 Å². The third kappa shape index (κ3) is 5.22. The molecule has 0 spiro atoms. The molecule has 0 amide bonds. The van der Waals surface area contributed by atoms with E-state index < -0.39 is 5.97 Å². The van der Waals surface area contributed by atoms with Crippen molar-refractivity contribution in [2.24, 2.45) is 0 Å². The second kappa shape index (κ2) is 9.62. The van der Waals surface area contributed by atoms with Crippen LogP contribution in [0.1, 0.15) is 35.6 Å². The van der Waals surface area contributed by atoms with Gasteiger partial charge >= 0.3 is 5.97 Å². The van der Waals surface area contributed by atoms with E-state index in [1.165, 1.54) is 5.56 Å². The highest BCUT2D eigenvalue weighted by Crippen LogP contribution is 2.29. The molecule has 2 aromatic carbocycles. The average Bonchev–Trinajstić information content (AvgIpc) is 2.79. The number of hydrogen-bond acceptors (Lipinski definition) is 5. The van der Waals surface area contributed by atoms with Gasteiger partial charge in [-0.3, -0.25) is 4.79 Å². The molecule has 3 atom stereocenters. The monoisotopic (exact) mass is 416 g/mol. The predicted molar refractivity (Wildman–Crippen MR) is 124 cm³/mol. The number of benzene rings is 2. The molecule has 0 saturated heterocycles. The van der Waals surface area contributed by atoms with Gasteiger partial charge in [-0.2, -0.15) is 0 Å². The van der Waals surface area contributed by atoms with Crippen LogP contribution in [0.2, 0.25) is 0 Å². The maximum Gasteiger partial charge on any atom is 0.307 e. The fraction of sp³-hybridized carbons (Fsp3) is 0.280. The number of anilines is 2. The van der Waals surface area contributed by atoms with E-state index in [9.17, 15) is 4.79 Å². The van der Waals surface area contributed by atoms with E-state index in [-0.39, 0.29) is 24.4 Å². The number of carbonyl (C=O) groups is 1. The first-order valence-corrected chi connectivity index (χ1v) is 10.6. The normalized spacial score (nSPS) is 17.0. The Morgan fingerprint density at radius 1 is 1.13 bits per heavy atom. The summed E-state index contributed by atoms with van der Waals surface area (Å²) in [5.74, 6) is 0.301. The average molecular weight is 417 g/mol. The fourth-order valence-corrected chi connectivity index (χ4v) is 4.07. The van der Waals surface area contributed by atoms with E-state index in [4.69, 9.17) is 5.11 Å². The Hall–Kier alpha value is -3.38. The third-order valence-corrected chi connectivity index (χ3v) is 5.72. The number of nitrogens with zero attached hydrogens (tertiary/aromatic N) is 1. The fourth-order valence-electron chi connectivity index (χ4n) is 4.07. The maximum absolute atomic E-state index is 11.1. The van der Waals surface area contributed by atoms with Crippen LogP contribution in [0.25, 0.3) is 0 Å². The lowest BCUT2D eigenvalue weighted by Crippen LogP contribution is -2.45. The summed E-state index contributed by atoms with van der Waals surface area (Å²) >= 11 is 0. The van der Waals surface area contributed by atoms with Gasteiger partial charge in [-0.1, -0.05) is 61.5 Å². The second-order valence-corrected chi connectivity index (χ2v) is 8.04. The molecule has 2 heterocycles. The summed E-state index contributed by atoms with van der Waals surface area (Å²) in [5, 5.41) is 19.9. The van der Waals surface area contributed by atoms with Crippen molar-refractivity contribution in [3.8, 4) is 0 Å². The lowest BCUT2D eigenvalue weighted by Gasteiger charge is -2.35. The molecular weight excluding hydrogens is 388 g/mol. The third-order valence-electron chi connectivity index (χ3n) is 5.72. The van der Waals surface area contributed by atoms with E-state index in [1.54, 1.807) is 6.20 Å². The van der Waals surface area contributed by atoms with Gasteiger partial charge in [0.05, 0.1) is 24.2 Å². The van der Waals surface area contributed by atoms with E-state index in [0.717, 1.165) is 35.7 Å². The van der Waals surface area contributed by atoms with Crippen molar-refractivity contribution < 1.29 is 9.90 Å². The van der Waals surface area contributed by atoms with Gasteiger partial charge in [0.25, 0.3) is 0 Å². The summed E-state index contributed by atoms with van der Waals surface area (Å²) < 4.78 is 0. The minimum absolute atomic E-state index is 0.0463. The Bertz CT molecular complexity index is 1020. The molecule has 1 aliphatic heterocycles. The number of hydrogen-bond donors (Lipinski definition) is 4. The maximum atomic E-state index is 11.1. The quantitative estimate of drug-likeness (QED) is 0.443. The number of nitrogens with one attached hydrogen (secondary N) is 3. The van der Waals surface area contributed by atoms with Crippen LogP contribution in [-0.4, -0.2) is 35.2 Å². The van der Waals surface area contributed by atoms with Crippen LogP contribution in [-0.2, 0) is 11.2 Å². The van der Waals surface area contributed by atoms with Crippen molar-refractivity contribution >= 4 is 17.5 Å². The summed E-state index contributed by atoms with van der Waals surface area (Å²) in [5.41, 5.74) is 4.21. The van der Waals surface area contributed by atoms with E-state index in [0.29, 0.717) is 0 Å². The Kier molecular flexibility index (Phi) is 6.48. The highest BCUT2D eigenvalue weighted by atomic mass is 16.4. The van der Waals surface area contributed by atoms with Crippen LogP contribution in [0.3, 0.4) is 0 Å². The first kappa shape index (κ1) is 20.9. The summed E-state index contributed by atoms with van der Waals surface area (Å²) in [4.78, 5) is 15.5. The molecule has 0 saturated carbocycles. The molecule has 3 aromatic rings. The molecule has 1 aliphatic rings. The molecule has 4 rings (SSSR count). The Morgan fingerprint density at radius 3 is 2.74 bits per heavy atom. The SMILES string of the molecule is C[C@H](CN[C@H](c1ccccc1)[C@@H]1CNc2cccnc2N1)c1cccc(CC(=O)O)c1. The molecule has 4 N–H and O–H groups in total. The predicted octanol–water partition coefficient (Wildman–Crippen LogP) is 4.05. The number of pyridine rings is 1. The lowest BCUT2D eigenvalue weighted by molar-refractivity contribution is -0.136. The van der Waals surface area contributed by atoms with Gasteiger partial charge in [0, 0.05) is 19.3 Å². The molecule has 31 heavy (non-hydrogen) atoms. The van der Waals surface area contributed by atoms with Crippen LogP contribution < -0.4 is 16.0 Å². The van der Waals surface area contributed by atoms with E-state index in [1.807, 2.05) is 36.4 Å². The number of aromatic nitrogens is 1. The summed E-state index contributed by atoms with van der Waals surface area (Å²) in [6.45, 7) is 3.72. The molecule has 160 valence electrons. The van der Waals surface area contributed by atoms with Crippen LogP contribution in [0.4, 0.5) is 11.5 Å². The minimum Gasteiger partial charge on any atom is -0.481 e. The topological polar surface area (TPSA) is 86.3 Å². The van der Waals surface area contributed by atoms with Gasteiger partial charge < -0.3 is 21.1 Å². The molecule has 6 nitrogen and oxygen atoms in total. The van der Waals surface area contributed by atoms with Crippen molar-refractivity contribution in [1.82, 2.24) is 10.3 Å². The molecule has 0 radical (unpaired) electrons. The van der Waals surface area contributed by atoms with Crippen molar-refractivity contribution in [2.75, 3.05) is 23.7 Å². The van der Waals surface area contributed by atoms with Gasteiger partial charge in [0.1, 0.15) is 5.82 Å². The number of aliphatic carboxylic acids is 1. The lowest BCUT2D eigenvalue weighted by atomic mass is 9.94. The molecular formula is C25H28N4O2. The number of carboxylic acid groups (broad SMARTS) is 1. The molecule has 0 bridgehead atoms. The molecule has 0 fully saturated rings. The standard InChI is InChI=1S/C25H28N4O2/c1-17(20-10-5-7-18(13-20)14-23(30)31)15-28-24(19-8-3-2-4-9-19)22-16-27-21-11-6-12-26-25(21)29-22/h2-13,17,22,24,27-28H,14-16H2,1H3,(H,26,29)(H,30,31)/t17-,22+,24-/m1/s1.